The maximum Gasteiger partial charge on any atom is 0.246 e. The van der Waals surface area contributed by atoms with Gasteiger partial charge in [0.15, 0.2) is 0 Å². The first-order valence-electron chi connectivity index (χ1n) is 7.94. The lowest BCUT2D eigenvalue weighted by atomic mass is 10.2. The van der Waals surface area contributed by atoms with E-state index in [0.717, 1.165) is 16.6 Å². The second kappa shape index (κ2) is 6.01. The number of fused-ring (bicyclic) bond motifs is 1. The van der Waals surface area contributed by atoms with Gasteiger partial charge in [-0.25, -0.2) is 9.37 Å². The first kappa shape index (κ1) is 15.3. The number of carbonyl (C=O) groups is 2. The van der Waals surface area contributed by atoms with Crippen LogP contribution in [-0.2, 0) is 9.59 Å². The highest BCUT2D eigenvalue weighted by molar-refractivity contribution is 6.00. The topological polar surface area (TPSA) is 86.9 Å². The van der Waals surface area contributed by atoms with Crippen molar-refractivity contribution >= 4 is 28.5 Å². The van der Waals surface area contributed by atoms with Crippen LogP contribution in [-0.4, -0.2) is 27.8 Å². The van der Waals surface area contributed by atoms with Crippen molar-refractivity contribution in [1.82, 2.24) is 15.3 Å². The number of benzene rings is 2. The largest absolute Gasteiger partial charge is 0.344 e. The van der Waals surface area contributed by atoms with Gasteiger partial charge in [-0.3, -0.25) is 9.59 Å². The van der Waals surface area contributed by atoms with Crippen LogP contribution in [0.15, 0.2) is 42.5 Å². The predicted octanol–water partition coefficient (Wildman–Crippen LogP) is 2.59. The first-order chi connectivity index (χ1) is 12.1. The zero-order valence-corrected chi connectivity index (χ0v) is 13.2. The number of aromatic nitrogens is 2. The van der Waals surface area contributed by atoms with Gasteiger partial charge in [0.05, 0.1) is 11.0 Å². The number of nitrogens with one attached hydrogen (secondary N) is 3. The molecule has 0 unspecified atom stereocenters. The van der Waals surface area contributed by atoms with Crippen molar-refractivity contribution < 1.29 is 14.0 Å². The third-order valence-electron chi connectivity index (χ3n) is 4.18. The van der Waals surface area contributed by atoms with Crippen LogP contribution in [0.3, 0.4) is 0 Å². The van der Waals surface area contributed by atoms with E-state index in [1.807, 2.05) is 0 Å². The van der Waals surface area contributed by atoms with Gasteiger partial charge in [-0.2, -0.15) is 0 Å². The summed E-state index contributed by atoms with van der Waals surface area (Å²) in [6.45, 7) is 0. The smallest absolute Gasteiger partial charge is 0.246 e. The highest BCUT2D eigenvalue weighted by Gasteiger charge is 2.27. The van der Waals surface area contributed by atoms with Gasteiger partial charge in [-0.05, 0) is 48.9 Å². The quantitative estimate of drug-likeness (QED) is 0.686. The Morgan fingerprint density at radius 2 is 2.00 bits per heavy atom. The summed E-state index contributed by atoms with van der Waals surface area (Å²) >= 11 is 0. The summed E-state index contributed by atoms with van der Waals surface area (Å²) in [6, 6.07) is 10.9. The van der Waals surface area contributed by atoms with Crippen molar-refractivity contribution in [2.45, 2.75) is 18.9 Å². The van der Waals surface area contributed by atoms with Crippen molar-refractivity contribution in [3.05, 3.63) is 48.3 Å². The molecule has 3 aromatic rings. The fourth-order valence-electron chi connectivity index (χ4n) is 2.87. The molecule has 3 N–H and O–H groups in total. The lowest BCUT2D eigenvalue weighted by Crippen LogP contribution is -2.37. The van der Waals surface area contributed by atoms with Crippen molar-refractivity contribution in [3.63, 3.8) is 0 Å². The molecular formula is C18H15FN4O2. The van der Waals surface area contributed by atoms with E-state index >= 15 is 0 Å². The first-order valence-corrected chi connectivity index (χ1v) is 7.94. The fraction of sp³-hybridized carbons (Fsp3) is 0.167. The van der Waals surface area contributed by atoms with E-state index in [0.29, 0.717) is 24.4 Å². The Morgan fingerprint density at radius 3 is 2.72 bits per heavy atom. The molecule has 2 heterocycles. The fourth-order valence-corrected chi connectivity index (χ4v) is 2.87. The molecule has 2 amide bonds. The van der Waals surface area contributed by atoms with Crippen molar-refractivity contribution in [2.75, 3.05) is 5.32 Å². The molecule has 1 saturated heterocycles. The Kier molecular flexibility index (Phi) is 3.68. The molecule has 2 aromatic carbocycles. The Balaban J connectivity index is 1.57. The number of halogens is 1. The number of carbonyl (C=O) groups excluding carboxylic acids is 2. The SMILES string of the molecule is O=C1CC[C@H](C(=O)Nc2ccc3nc(-c4ccc(F)cc4)[nH]c3c2)N1. The molecule has 0 saturated carbocycles. The average molecular weight is 338 g/mol. The molecule has 7 heteroatoms. The summed E-state index contributed by atoms with van der Waals surface area (Å²) in [7, 11) is 0. The minimum absolute atomic E-state index is 0.104. The Hall–Kier alpha value is -3.22. The van der Waals surface area contributed by atoms with Gasteiger partial charge >= 0.3 is 0 Å². The number of aromatic amines is 1. The maximum absolute atomic E-state index is 13.0. The van der Waals surface area contributed by atoms with Gasteiger partial charge in [0.25, 0.3) is 0 Å². The van der Waals surface area contributed by atoms with E-state index in [2.05, 4.69) is 20.6 Å². The van der Waals surface area contributed by atoms with Crippen LogP contribution in [0.1, 0.15) is 12.8 Å². The predicted molar refractivity (Wildman–Crippen MR) is 91.3 cm³/mol. The number of amides is 2. The van der Waals surface area contributed by atoms with E-state index in [-0.39, 0.29) is 17.6 Å². The summed E-state index contributed by atoms with van der Waals surface area (Å²) < 4.78 is 13.0. The summed E-state index contributed by atoms with van der Waals surface area (Å²) in [5.41, 5.74) is 2.89. The average Bonchev–Trinajstić information content (AvgIpc) is 3.21. The molecule has 25 heavy (non-hydrogen) atoms. The molecule has 1 aromatic heterocycles. The zero-order valence-electron chi connectivity index (χ0n) is 13.2. The zero-order chi connectivity index (χ0) is 17.4. The van der Waals surface area contributed by atoms with Crippen LogP contribution in [0, 0.1) is 5.82 Å². The van der Waals surface area contributed by atoms with Gasteiger partial charge in [0.2, 0.25) is 11.8 Å². The molecule has 126 valence electrons. The maximum atomic E-state index is 13.0. The van der Waals surface area contributed by atoms with Crippen LogP contribution >= 0.6 is 0 Å². The molecular weight excluding hydrogens is 323 g/mol. The molecule has 4 rings (SSSR count). The third kappa shape index (κ3) is 3.08. The third-order valence-corrected chi connectivity index (χ3v) is 4.18. The molecule has 1 fully saturated rings. The lowest BCUT2D eigenvalue weighted by molar-refractivity contribution is -0.122. The van der Waals surface area contributed by atoms with Gasteiger partial charge in [-0.15, -0.1) is 0 Å². The summed E-state index contributed by atoms with van der Waals surface area (Å²) in [5.74, 6) is -0.0121. The Morgan fingerprint density at radius 1 is 1.20 bits per heavy atom. The van der Waals surface area contributed by atoms with Crippen molar-refractivity contribution in [3.8, 4) is 11.4 Å². The van der Waals surface area contributed by atoms with Crippen LogP contribution in [0.4, 0.5) is 10.1 Å². The highest BCUT2D eigenvalue weighted by atomic mass is 19.1. The second-order valence-corrected chi connectivity index (χ2v) is 5.97. The van der Waals surface area contributed by atoms with Crippen LogP contribution in [0.2, 0.25) is 0 Å². The number of hydrogen-bond acceptors (Lipinski definition) is 3. The van der Waals surface area contributed by atoms with E-state index < -0.39 is 6.04 Å². The normalized spacial score (nSPS) is 16.8. The molecule has 1 aliphatic heterocycles. The summed E-state index contributed by atoms with van der Waals surface area (Å²) in [4.78, 5) is 31.0. The number of rotatable bonds is 3. The minimum atomic E-state index is -0.486. The Labute approximate surface area is 142 Å². The molecule has 0 aliphatic carbocycles. The lowest BCUT2D eigenvalue weighted by Gasteiger charge is -2.10. The monoisotopic (exact) mass is 338 g/mol. The highest BCUT2D eigenvalue weighted by Crippen LogP contribution is 2.23. The minimum Gasteiger partial charge on any atom is -0.344 e. The number of imidazole rings is 1. The van der Waals surface area contributed by atoms with E-state index in [1.165, 1.54) is 12.1 Å². The molecule has 0 radical (unpaired) electrons. The van der Waals surface area contributed by atoms with E-state index in [1.54, 1.807) is 30.3 Å². The molecule has 0 bridgehead atoms. The van der Waals surface area contributed by atoms with Crippen molar-refractivity contribution in [1.29, 1.82) is 0 Å². The summed E-state index contributed by atoms with van der Waals surface area (Å²) in [5, 5.41) is 5.44. The van der Waals surface area contributed by atoms with E-state index in [4.69, 9.17) is 0 Å². The van der Waals surface area contributed by atoms with Gasteiger partial charge < -0.3 is 15.6 Å². The molecule has 1 aliphatic rings. The Bertz CT molecular complexity index is 965. The van der Waals surface area contributed by atoms with E-state index in [9.17, 15) is 14.0 Å². The number of nitrogens with zero attached hydrogens (tertiary/aromatic N) is 1. The number of hydrogen-bond donors (Lipinski definition) is 3. The second-order valence-electron chi connectivity index (χ2n) is 5.97. The number of anilines is 1. The standard InChI is InChI=1S/C18H15FN4O2/c19-11-3-1-10(2-4-11)17-22-13-6-5-12(9-15(13)23-17)20-18(25)14-7-8-16(24)21-14/h1-6,9,14H,7-8H2,(H,20,25)(H,21,24)(H,22,23)/t14-/m1/s1. The summed E-state index contributed by atoms with van der Waals surface area (Å²) in [6.07, 6.45) is 0.879. The molecule has 0 spiro atoms. The number of H-pyrrole nitrogens is 1. The van der Waals surface area contributed by atoms with Crippen LogP contribution in [0.25, 0.3) is 22.4 Å². The van der Waals surface area contributed by atoms with Gasteiger partial charge in [0, 0.05) is 17.7 Å². The van der Waals surface area contributed by atoms with Gasteiger partial charge in [-0.1, -0.05) is 0 Å². The molecule has 1 atom stereocenters. The van der Waals surface area contributed by atoms with Crippen LogP contribution < -0.4 is 10.6 Å². The van der Waals surface area contributed by atoms with Gasteiger partial charge in [0.1, 0.15) is 17.7 Å². The molecule has 6 nitrogen and oxygen atoms in total. The van der Waals surface area contributed by atoms with Crippen LogP contribution in [0.5, 0.6) is 0 Å². The van der Waals surface area contributed by atoms with Crippen molar-refractivity contribution in [2.24, 2.45) is 0 Å².